The van der Waals surface area contributed by atoms with Gasteiger partial charge >= 0.3 is 0 Å². The van der Waals surface area contributed by atoms with Gasteiger partial charge in [-0.15, -0.1) is 0 Å². The highest BCUT2D eigenvalue weighted by Crippen LogP contribution is 2.32. The van der Waals surface area contributed by atoms with E-state index >= 15 is 0 Å². The summed E-state index contributed by atoms with van der Waals surface area (Å²) in [6.07, 6.45) is 9.93. The number of anilines is 2. The van der Waals surface area contributed by atoms with Gasteiger partial charge in [-0.3, -0.25) is 4.98 Å². The Morgan fingerprint density at radius 3 is 2.68 bits per heavy atom. The Labute approximate surface area is 190 Å². The molecule has 0 unspecified atom stereocenters. The molecule has 5 nitrogen and oxygen atoms in total. The molecule has 2 N–H and O–H groups in total. The van der Waals surface area contributed by atoms with Gasteiger partial charge in [-0.25, -0.2) is 9.97 Å². The van der Waals surface area contributed by atoms with Crippen molar-refractivity contribution >= 4 is 44.1 Å². The van der Waals surface area contributed by atoms with Gasteiger partial charge in [0.15, 0.2) is 5.13 Å². The van der Waals surface area contributed by atoms with Crippen LogP contribution in [0.1, 0.15) is 37.7 Å². The summed E-state index contributed by atoms with van der Waals surface area (Å²) in [6, 6.07) is 14.7. The van der Waals surface area contributed by atoms with Crippen molar-refractivity contribution in [2.75, 3.05) is 10.6 Å². The number of hydrogen-bond acceptors (Lipinski definition) is 6. The van der Waals surface area contributed by atoms with Gasteiger partial charge in [0.1, 0.15) is 5.82 Å². The Hall–Kier alpha value is -2.70. The predicted octanol–water partition coefficient (Wildman–Crippen LogP) is 6.76. The quantitative estimate of drug-likeness (QED) is 0.340. The molecule has 5 rings (SSSR count). The second kappa shape index (κ2) is 9.20. The van der Waals surface area contributed by atoms with E-state index in [9.17, 15) is 0 Å². The van der Waals surface area contributed by atoms with E-state index in [0.717, 1.165) is 38.0 Å². The molecule has 0 saturated heterocycles. The van der Waals surface area contributed by atoms with Crippen LogP contribution in [0, 0.1) is 0 Å². The molecule has 1 saturated carbocycles. The number of hydrogen-bond donors (Lipinski definition) is 2. The van der Waals surface area contributed by atoms with Gasteiger partial charge in [0, 0.05) is 23.2 Å². The number of rotatable bonds is 6. The van der Waals surface area contributed by atoms with E-state index in [1.807, 2.05) is 36.4 Å². The summed E-state index contributed by atoms with van der Waals surface area (Å²) < 4.78 is 1.14. The summed E-state index contributed by atoms with van der Waals surface area (Å²) in [6.45, 7) is 0.574. The molecule has 2 heterocycles. The Morgan fingerprint density at radius 2 is 1.84 bits per heavy atom. The average Bonchev–Trinajstić information content (AvgIpc) is 3.19. The lowest BCUT2D eigenvalue weighted by Gasteiger charge is -2.22. The van der Waals surface area contributed by atoms with E-state index in [2.05, 4.69) is 26.7 Å². The summed E-state index contributed by atoms with van der Waals surface area (Å²) >= 11 is 8.26. The van der Waals surface area contributed by atoms with Crippen molar-refractivity contribution in [2.45, 2.75) is 44.7 Å². The molecule has 2 aromatic carbocycles. The third-order valence-electron chi connectivity index (χ3n) is 5.65. The highest BCUT2D eigenvalue weighted by atomic mass is 35.5. The van der Waals surface area contributed by atoms with Gasteiger partial charge in [0.2, 0.25) is 0 Å². The van der Waals surface area contributed by atoms with Crippen LogP contribution in [-0.2, 0) is 6.54 Å². The molecule has 158 valence electrons. The third-order valence-corrected chi connectivity index (χ3v) is 6.95. The summed E-state index contributed by atoms with van der Waals surface area (Å²) in [5, 5.41) is 8.68. The second-order valence-electron chi connectivity index (χ2n) is 7.92. The van der Waals surface area contributed by atoms with E-state index in [-0.39, 0.29) is 0 Å². The van der Waals surface area contributed by atoms with Gasteiger partial charge in [0.25, 0.3) is 0 Å². The van der Waals surface area contributed by atoms with E-state index < -0.39 is 0 Å². The van der Waals surface area contributed by atoms with Gasteiger partial charge in [-0.05, 0) is 30.5 Å². The predicted molar refractivity (Wildman–Crippen MR) is 130 cm³/mol. The second-order valence-corrected chi connectivity index (χ2v) is 9.36. The van der Waals surface area contributed by atoms with E-state index in [4.69, 9.17) is 16.6 Å². The van der Waals surface area contributed by atoms with Crippen molar-refractivity contribution in [2.24, 2.45) is 0 Å². The lowest BCUT2D eigenvalue weighted by molar-refractivity contribution is 0.462. The lowest BCUT2D eigenvalue weighted by atomic mass is 9.96. The number of thiazole rings is 1. The van der Waals surface area contributed by atoms with Crippen molar-refractivity contribution in [1.29, 1.82) is 0 Å². The first-order valence-corrected chi connectivity index (χ1v) is 11.9. The minimum atomic E-state index is 0.543. The first kappa shape index (κ1) is 20.2. The molecule has 0 radical (unpaired) electrons. The largest absolute Gasteiger partial charge is 0.365 e. The smallest absolute Gasteiger partial charge is 0.184 e. The highest BCUT2D eigenvalue weighted by molar-refractivity contribution is 7.22. The van der Waals surface area contributed by atoms with Gasteiger partial charge in [-0.2, -0.15) is 0 Å². The molecule has 0 bridgehead atoms. The fraction of sp³-hybridized carbons (Fsp3) is 0.292. The average molecular weight is 450 g/mol. The van der Waals surface area contributed by atoms with Gasteiger partial charge in [0.05, 0.1) is 28.3 Å². The molecule has 1 aliphatic carbocycles. The fourth-order valence-electron chi connectivity index (χ4n) is 3.99. The molecular formula is C24H24ClN5S. The number of halogens is 1. The molecule has 0 aliphatic heterocycles. The molecule has 4 aromatic rings. The van der Waals surface area contributed by atoms with Crippen molar-refractivity contribution in [1.82, 2.24) is 15.0 Å². The number of aromatic nitrogens is 3. The highest BCUT2D eigenvalue weighted by Gasteiger charge is 2.16. The molecular weight excluding hydrogens is 426 g/mol. The zero-order chi connectivity index (χ0) is 21.0. The van der Waals surface area contributed by atoms with Crippen LogP contribution in [-0.4, -0.2) is 21.0 Å². The molecule has 31 heavy (non-hydrogen) atoms. The number of nitrogens with zero attached hydrogens (tertiary/aromatic N) is 3. The maximum atomic E-state index is 6.57. The molecule has 7 heteroatoms. The van der Waals surface area contributed by atoms with Crippen LogP contribution in [0.4, 0.5) is 10.9 Å². The third kappa shape index (κ3) is 4.81. The molecule has 0 atom stereocenters. The van der Waals surface area contributed by atoms with E-state index in [1.165, 1.54) is 32.1 Å². The lowest BCUT2D eigenvalue weighted by Crippen LogP contribution is -2.21. The SMILES string of the molecule is Clc1cc2nc(NC3CCCCC3)sc2cc1CNc1cncc(-c2ccccc2)n1. The number of benzene rings is 2. The summed E-state index contributed by atoms with van der Waals surface area (Å²) in [4.78, 5) is 13.8. The normalized spacial score (nSPS) is 14.6. The summed E-state index contributed by atoms with van der Waals surface area (Å²) in [7, 11) is 0. The monoisotopic (exact) mass is 449 g/mol. The van der Waals surface area contributed by atoms with Crippen LogP contribution in [0.5, 0.6) is 0 Å². The minimum absolute atomic E-state index is 0.543. The van der Waals surface area contributed by atoms with Crippen LogP contribution in [0.25, 0.3) is 21.5 Å². The molecule has 0 amide bonds. The maximum absolute atomic E-state index is 6.57. The molecule has 0 spiro atoms. The Bertz CT molecular complexity index is 1170. The minimum Gasteiger partial charge on any atom is -0.365 e. The maximum Gasteiger partial charge on any atom is 0.184 e. The van der Waals surface area contributed by atoms with Crippen molar-refractivity contribution < 1.29 is 0 Å². The molecule has 2 aromatic heterocycles. The Balaban J connectivity index is 1.30. The van der Waals surface area contributed by atoms with E-state index in [1.54, 1.807) is 23.7 Å². The summed E-state index contributed by atoms with van der Waals surface area (Å²) in [5.74, 6) is 0.724. The first-order chi connectivity index (χ1) is 15.2. The number of nitrogens with one attached hydrogen (secondary N) is 2. The van der Waals surface area contributed by atoms with Crippen LogP contribution in [0.2, 0.25) is 5.02 Å². The number of fused-ring (bicyclic) bond motifs is 1. The fourth-order valence-corrected chi connectivity index (χ4v) is 5.21. The van der Waals surface area contributed by atoms with Gasteiger partial charge in [-0.1, -0.05) is 72.5 Å². The first-order valence-electron chi connectivity index (χ1n) is 10.7. The van der Waals surface area contributed by atoms with Crippen LogP contribution >= 0.6 is 22.9 Å². The summed E-state index contributed by atoms with van der Waals surface area (Å²) in [5.41, 5.74) is 3.85. The van der Waals surface area contributed by atoms with Crippen LogP contribution in [0.15, 0.2) is 54.9 Å². The topological polar surface area (TPSA) is 62.7 Å². The Morgan fingerprint density at radius 1 is 1.00 bits per heavy atom. The standard InChI is InChI=1S/C24H24ClN5S/c25-19-12-20-22(31-24(30-20)28-18-9-5-2-6-10-18)11-17(19)13-27-23-15-26-14-21(29-23)16-7-3-1-4-8-16/h1,3-4,7-8,11-12,14-15,18H,2,5-6,9-10,13H2,(H,27,29)(H,28,30). The Kier molecular flexibility index (Phi) is 6.00. The van der Waals surface area contributed by atoms with Crippen molar-refractivity contribution in [3.8, 4) is 11.3 Å². The zero-order valence-electron chi connectivity index (χ0n) is 17.1. The van der Waals surface area contributed by atoms with Crippen LogP contribution < -0.4 is 10.6 Å². The molecule has 1 fully saturated rings. The zero-order valence-corrected chi connectivity index (χ0v) is 18.7. The van der Waals surface area contributed by atoms with Crippen molar-refractivity contribution in [3.63, 3.8) is 0 Å². The van der Waals surface area contributed by atoms with Crippen molar-refractivity contribution in [3.05, 3.63) is 65.4 Å². The van der Waals surface area contributed by atoms with Crippen LogP contribution in [0.3, 0.4) is 0 Å². The molecule has 1 aliphatic rings. The van der Waals surface area contributed by atoms with Gasteiger partial charge < -0.3 is 10.6 Å². The van der Waals surface area contributed by atoms with E-state index in [0.29, 0.717) is 17.6 Å².